The first kappa shape index (κ1) is 19.5. The Morgan fingerprint density at radius 1 is 1.04 bits per heavy atom. The molecule has 146 valence electrons. The van der Waals surface area contributed by atoms with E-state index in [0.29, 0.717) is 18.0 Å². The van der Waals surface area contributed by atoms with Crippen molar-refractivity contribution in [3.05, 3.63) is 82.7 Å². The van der Waals surface area contributed by atoms with E-state index < -0.39 is 0 Å². The van der Waals surface area contributed by atoms with Crippen LogP contribution in [-0.2, 0) is 13.1 Å². The smallest absolute Gasteiger partial charge is 0.319 e. The van der Waals surface area contributed by atoms with Crippen molar-refractivity contribution in [2.75, 3.05) is 12.4 Å². The van der Waals surface area contributed by atoms with Gasteiger partial charge in [0.25, 0.3) is 0 Å². The number of nitrogens with zero attached hydrogens (tertiary/aromatic N) is 1. The van der Waals surface area contributed by atoms with Crippen molar-refractivity contribution in [3.63, 3.8) is 0 Å². The number of methoxy groups -OCH3 is 1. The summed E-state index contributed by atoms with van der Waals surface area (Å²) in [4.78, 5) is 12.3. The van der Waals surface area contributed by atoms with E-state index in [4.69, 9.17) is 4.74 Å². The SMILES string of the molecule is COc1ccccc1NC(=O)NCc1cccn1Cc1c(C)cc(C)cc1C. The van der Waals surface area contributed by atoms with Crippen LogP contribution in [0.4, 0.5) is 10.5 Å². The third-order valence-electron chi connectivity index (χ3n) is 4.88. The molecule has 5 nitrogen and oxygen atoms in total. The molecule has 1 heterocycles. The largest absolute Gasteiger partial charge is 0.495 e. The fourth-order valence-corrected chi connectivity index (χ4v) is 3.48. The minimum atomic E-state index is -0.264. The molecule has 0 aliphatic rings. The summed E-state index contributed by atoms with van der Waals surface area (Å²) in [5.41, 5.74) is 6.87. The zero-order valence-electron chi connectivity index (χ0n) is 16.9. The molecular formula is C23H27N3O2. The maximum atomic E-state index is 12.3. The average Bonchev–Trinajstić information content (AvgIpc) is 3.10. The van der Waals surface area contributed by atoms with E-state index in [0.717, 1.165) is 12.2 Å². The number of carbonyl (C=O) groups is 1. The Bertz CT molecular complexity index is 952. The van der Waals surface area contributed by atoms with Gasteiger partial charge in [0.05, 0.1) is 19.3 Å². The van der Waals surface area contributed by atoms with Crippen LogP contribution in [0, 0.1) is 20.8 Å². The molecular weight excluding hydrogens is 350 g/mol. The molecule has 0 spiro atoms. The number of aromatic nitrogens is 1. The molecule has 0 fully saturated rings. The van der Waals surface area contributed by atoms with E-state index in [1.54, 1.807) is 7.11 Å². The van der Waals surface area contributed by atoms with Crippen LogP contribution >= 0.6 is 0 Å². The highest BCUT2D eigenvalue weighted by Gasteiger charge is 2.10. The van der Waals surface area contributed by atoms with Crippen LogP contribution in [0.2, 0.25) is 0 Å². The number of benzene rings is 2. The van der Waals surface area contributed by atoms with Crippen LogP contribution in [0.25, 0.3) is 0 Å². The van der Waals surface area contributed by atoms with Crippen molar-refractivity contribution in [1.29, 1.82) is 0 Å². The lowest BCUT2D eigenvalue weighted by Gasteiger charge is -2.16. The number of rotatable bonds is 6. The predicted molar refractivity (Wildman–Crippen MR) is 113 cm³/mol. The molecule has 2 aromatic carbocycles. The summed E-state index contributed by atoms with van der Waals surface area (Å²) < 4.78 is 7.44. The van der Waals surface area contributed by atoms with E-state index in [9.17, 15) is 4.79 Å². The van der Waals surface area contributed by atoms with Crippen molar-refractivity contribution >= 4 is 11.7 Å². The number of hydrogen-bond donors (Lipinski definition) is 2. The van der Waals surface area contributed by atoms with Crippen LogP contribution in [-0.4, -0.2) is 17.7 Å². The van der Waals surface area contributed by atoms with E-state index in [2.05, 4.69) is 48.1 Å². The zero-order chi connectivity index (χ0) is 20.1. The van der Waals surface area contributed by atoms with Crippen molar-refractivity contribution in [1.82, 2.24) is 9.88 Å². The van der Waals surface area contributed by atoms with Crippen molar-refractivity contribution in [3.8, 4) is 5.75 Å². The van der Waals surface area contributed by atoms with Gasteiger partial charge in [0.1, 0.15) is 5.75 Å². The number of hydrogen-bond acceptors (Lipinski definition) is 2. The Hall–Kier alpha value is -3.21. The van der Waals surface area contributed by atoms with Gasteiger partial charge in [0.2, 0.25) is 0 Å². The lowest BCUT2D eigenvalue weighted by molar-refractivity contribution is 0.251. The first-order chi connectivity index (χ1) is 13.5. The van der Waals surface area contributed by atoms with E-state index in [1.807, 2.05) is 42.6 Å². The van der Waals surface area contributed by atoms with Crippen molar-refractivity contribution < 1.29 is 9.53 Å². The summed E-state index contributed by atoms with van der Waals surface area (Å²) in [6.45, 7) is 7.65. The third kappa shape index (κ3) is 4.55. The Morgan fingerprint density at radius 2 is 1.75 bits per heavy atom. The Balaban J connectivity index is 1.65. The maximum Gasteiger partial charge on any atom is 0.319 e. The van der Waals surface area contributed by atoms with Crippen molar-refractivity contribution in [2.24, 2.45) is 0 Å². The molecule has 2 amide bonds. The highest BCUT2D eigenvalue weighted by atomic mass is 16.5. The van der Waals surface area contributed by atoms with Gasteiger partial charge >= 0.3 is 6.03 Å². The van der Waals surface area contributed by atoms with Crippen LogP contribution in [0.3, 0.4) is 0 Å². The molecule has 3 rings (SSSR count). The molecule has 0 aliphatic carbocycles. The first-order valence-corrected chi connectivity index (χ1v) is 9.36. The molecule has 0 radical (unpaired) electrons. The van der Waals surface area contributed by atoms with E-state index in [1.165, 1.54) is 22.3 Å². The zero-order valence-corrected chi connectivity index (χ0v) is 16.9. The standard InChI is InChI=1S/C23H27N3O2/c1-16-12-17(2)20(18(3)13-16)15-26-11-7-8-19(26)14-24-23(27)25-21-9-5-6-10-22(21)28-4/h5-13H,14-15H2,1-4H3,(H2,24,25,27). The first-order valence-electron chi connectivity index (χ1n) is 9.36. The van der Waals surface area contributed by atoms with E-state index >= 15 is 0 Å². The van der Waals surface area contributed by atoms with Crippen LogP contribution in [0.15, 0.2) is 54.7 Å². The molecule has 0 saturated heterocycles. The van der Waals surface area contributed by atoms with Crippen LogP contribution in [0.5, 0.6) is 5.75 Å². The lowest BCUT2D eigenvalue weighted by Crippen LogP contribution is -2.29. The van der Waals surface area contributed by atoms with Crippen LogP contribution < -0.4 is 15.4 Å². The monoisotopic (exact) mass is 377 g/mol. The number of ether oxygens (including phenoxy) is 1. The fraction of sp³-hybridized carbons (Fsp3) is 0.261. The Morgan fingerprint density at radius 3 is 2.46 bits per heavy atom. The molecule has 0 bridgehead atoms. The van der Waals surface area contributed by atoms with Gasteiger partial charge in [-0.05, 0) is 61.7 Å². The molecule has 3 aromatic rings. The molecule has 2 N–H and O–H groups in total. The normalized spacial score (nSPS) is 10.6. The molecule has 0 saturated carbocycles. The topological polar surface area (TPSA) is 55.3 Å². The molecule has 0 aliphatic heterocycles. The number of carbonyl (C=O) groups excluding carboxylic acids is 1. The second kappa shape index (κ2) is 8.65. The van der Waals surface area contributed by atoms with Gasteiger partial charge in [0, 0.05) is 18.4 Å². The highest BCUT2D eigenvalue weighted by molar-refractivity contribution is 5.90. The summed E-state index contributed by atoms with van der Waals surface area (Å²) in [5, 5.41) is 5.76. The van der Waals surface area contributed by atoms with E-state index in [-0.39, 0.29) is 6.03 Å². The van der Waals surface area contributed by atoms with Gasteiger partial charge in [-0.2, -0.15) is 0 Å². The molecule has 1 aromatic heterocycles. The minimum absolute atomic E-state index is 0.264. The third-order valence-corrected chi connectivity index (χ3v) is 4.88. The minimum Gasteiger partial charge on any atom is -0.495 e. The molecule has 28 heavy (non-hydrogen) atoms. The van der Waals surface area contributed by atoms with Gasteiger partial charge in [-0.3, -0.25) is 0 Å². The highest BCUT2D eigenvalue weighted by Crippen LogP contribution is 2.23. The van der Waals surface area contributed by atoms with Gasteiger partial charge < -0.3 is 19.9 Å². The van der Waals surface area contributed by atoms with Crippen LogP contribution in [0.1, 0.15) is 27.9 Å². The lowest BCUT2D eigenvalue weighted by atomic mass is 10.00. The molecule has 0 unspecified atom stereocenters. The number of para-hydroxylation sites is 2. The number of nitrogens with one attached hydrogen (secondary N) is 2. The number of anilines is 1. The number of aryl methyl sites for hydroxylation is 3. The summed E-state index contributed by atoms with van der Waals surface area (Å²) in [5.74, 6) is 0.631. The second-order valence-corrected chi connectivity index (χ2v) is 7.01. The van der Waals surface area contributed by atoms with Gasteiger partial charge in [-0.15, -0.1) is 0 Å². The number of urea groups is 1. The quantitative estimate of drug-likeness (QED) is 0.649. The average molecular weight is 377 g/mol. The summed E-state index contributed by atoms with van der Waals surface area (Å²) in [6, 6.07) is 15.5. The summed E-state index contributed by atoms with van der Waals surface area (Å²) in [6.07, 6.45) is 2.05. The summed E-state index contributed by atoms with van der Waals surface area (Å²) >= 11 is 0. The second-order valence-electron chi connectivity index (χ2n) is 7.01. The fourth-order valence-electron chi connectivity index (χ4n) is 3.48. The molecule has 0 atom stereocenters. The Kier molecular flexibility index (Phi) is 6.04. The summed E-state index contributed by atoms with van der Waals surface area (Å²) in [7, 11) is 1.58. The maximum absolute atomic E-state index is 12.3. The van der Waals surface area contributed by atoms with Gasteiger partial charge in [0.15, 0.2) is 0 Å². The number of amides is 2. The molecule has 5 heteroatoms. The Labute approximate surface area is 166 Å². The predicted octanol–water partition coefficient (Wildman–Crippen LogP) is 4.79. The van der Waals surface area contributed by atoms with Gasteiger partial charge in [-0.1, -0.05) is 29.8 Å². The van der Waals surface area contributed by atoms with Crippen molar-refractivity contribution in [2.45, 2.75) is 33.9 Å². The van der Waals surface area contributed by atoms with Gasteiger partial charge in [-0.25, -0.2) is 4.79 Å².